The highest BCUT2D eigenvalue weighted by atomic mass is 32.2. The van der Waals surface area contributed by atoms with Gasteiger partial charge in [-0.3, -0.25) is 9.82 Å². The first-order chi connectivity index (χ1) is 8.40. The van der Waals surface area contributed by atoms with E-state index in [1.54, 1.807) is 19.9 Å². The Labute approximate surface area is 106 Å². The molecule has 0 fully saturated rings. The Hall–Kier alpha value is -1.82. The van der Waals surface area contributed by atoms with Crippen molar-refractivity contribution in [2.75, 3.05) is 4.72 Å². The van der Waals surface area contributed by atoms with Crippen LogP contribution in [0.4, 0.5) is 5.82 Å². The molecule has 0 atom stereocenters. The number of hydrogen-bond acceptors (Lipinski definition) is 3. The Morgan fingerprint density at radius 3 is 2.28 bits per heavy atom. The average Bonchev–Trinajstić information content (AvgIpc) is 2.66. The molecule has 0 spiro atoms. The third-order valence-electron chi connectivity index (χ3n) is 2.62. The maximum atomic E-state index is 12.3. The lowest BCUT2D eigenvalue weighted by atomic mass is 10.1. The zero-order valence-corrected chi connectivity index (χ0v) is 11.3. The predicted molar refractivity (Wildman–Crippen MR) is 70.0 cm³/mol. The molecular weight excluding hydrogens is 250 g/mol. The molecule has 96 valence electrons. The number of nitrogens with one attached hydrogen (secondary N) is 2. The number of aromatic nitrogens is 2. The van der Waals surface area contributed by atoms with Gasteiger partial charge in [0.1, 0.15) is 5.82 Å². The molecule has 0 saturated heterocycles. The highest BCUT2D eigenvalue weighted by Gasteiger charge is 2.20. The molecule has 0 aliphatic carbocycles. The Kier molecular flexibility index (Phi) is 3.13. The van der Waals surface area contributed by atoms with E-state index in [2.05, 4.69) is 14.9 Å². The molecule has 0 saturated carbocycles. The van der Waals surface area contributed by atoms with Crippen LogP contribution < -0.4 is 4.72 Å². The summed E-state index contributed by atoms with van der Waals surface area (Å²) in [5, 5.41) is 6.28. The second-order valence-electron chi connectivity index (χ2n) is 4.30. The molecule has 1 aromatic heterocycles. The Bertz CT molecular complexity index is 638. The quantitative estimate of drug-likeness (QED) is 0.892. The van der Waals surface area contributed by atoms with E-state index < -0.39 is 10.0 Å². The lowest BCUT2D eigenvalue weighted by Gasteiger charge is -2.12. The van der Waals surface area contributed by atoms with Gasteiger partial charge in [-0.25, -0.2) is 8.42 Å². The molecule has 0 amide bonds. The summed E-state index contributed by atoms with van der Waals surface area (Å²) < 4.78 is 27.1. The minimum atomic E-state index is -3.58. The second kappa shape index (κ2) is 4.45. The van der Waals surface area contributed by atoms with E-state index in [0.29, 0.717) is 10.7 Å². The van der Waals surface area contributed by atoms with Gasteiger partial charge in [0.2, 0.25) is 0 Å². The fourth-order valence-corrected chi connectivity index (χ4v) is 3.57. The summed E-state index contributed by atoms with van der Waals surface area (Å²) in [5.41, 5.74) is 2.52. The Morgan fingerprint density at radius 2 is 1.78 bits per heavy atom. The minimum absolute atomic E-state index is 0.322. The number of rotatable bonds is 3. The van der Waals surface area contributed by atoms with Gasteiger partial charge in [0.15, 0.2) is 0 Å². The first kappa shape index (κ1) is 12.6. The Morgan fingerprint density at radius 1 is 1.17 bits per heavy atom. The van der Waals surface area contributed by atoms with E-state index in [0.717, 1.165) is 16.7 Å². The number of anilines is 1. The van der Waals surface area contributed by atoms with Crippen LogP contribution in [0.2, 0.25) is 0 Å². The van der Waals surface area contributed by atoms with E-state index in [4.69, 9.17) is 0 Å². The van der Waals surface area contributed by atoms with Crippen molar-refractivity contribution < 1.29 is 8.42 Å². The summed E-state index contributed by atoms with van der Waals surface area (Å²) in [6.45, 7) is 5.53. The van der Waals surface area contributed by atoms with Crippen LogP contribution in [0.1, 0.15) is 16.7 Å². The molecule has 0 aliphatic heterocycles. The smallest absolute Gasteiger partial charge is 0.263 e. The normalized spacial score (nSPS) is 11.5. The van der Waals surface area contributed by atoms with Gasteiger partial charge in [-0.15, -0.1) is 0 Å². The lowest BCUT2D eigenvalue weighted by molar-refractivity contribution is 0.600. The fraction of sp³-hybridized carbons (Fsp3) is 0.250. The molecule has 2 rings (SSSR count). The molecule has 0 radical (unpaired) electrons. The molecule has 6 heteroatoms. The highest BCUT2D eigenvalue weighted by Crippen LogP contribution is 2.23. The molecule has 1 aromatic carbocycles. The van der Waals surface area contributed by atoms with Gasteiger partial charge < -0.3 is 0 Å². The van der Waals surface area contributed by atoms with Gasteiger partial charge in [-0.2, -0.15) is 5.10 Å². The molecule has 18 heavy (non-hydrogen) atoms. The van der Waals surface area contributed by atoms with Crippen LogP contribution in [0.15, 0.2) is 29.3 Å². The standard InChI is InChI=1S/C12H15N3O2S/c1-8-6-9(2)12(10(3)7-8)18(16,17)15-11-4-5-13-14-11/h4-7H,1-3H3,(H2,13,14,15). The summed E-state index contributed by atoms with van der Waals surface area (Å²) in [7, 11) is -3.58. The third kappa shape index (κ3) is 2.38. The zero-order chi connectivity index (χ0) is 13.3. The largest absolute Gasteiger partial charge is 0.264 e. The number of nitrogens with zero attached hydrogens (tertiary/aromatic N) is 1. The monoisotopic (exact) mass is 265 g/mol. The van der Waals surface area contributed by atoms with Crippen molar-refractivity contribution >= 4 is 15.8 Å². The molecule has 2 N–H and O–H groups in total. The summed E-state index contributed by atoms with van der Waals surface area (Å²) in [6.07, 6.45) is 1.49. The number of hydrogen-bond donors (Lipinski definition) is 2. The SMILES string of the molecule is Cc1cc(C)c(S(=O)(=O)Nc2ccn[nH]2)c(C)c1. The van der Waals surface area contributed by atoms with Crippen molar-refractivity contribution in [2.24, 2.45) is 0 Å². The average molecular weight is 265 g/mol. The Balaban J connectivity index is 2.48. The van der Waals surface area contributed by atoms with Crippen molar-refractivity contribution in [1.29, 1.82) is 0 Å². The molecule has 2 aromatic rings. The van der Waals surface area contributed by atoms with Crippen LogP contribution in [0.3, 0.4) is 0 Å². The zero-order valence-electron chi connectivity index (χ0n) is 10.5. The van der Waals surface area contributed by atoms with Gasteiger partial charge in [-0.1, -0.05) is 17.7 Å². The first-order valence-electron chi connectivity index (χ1n) is 5.50. The van der Waals surface area contributed by atoms with Gasteiger partial charge in [-0.05, 0) is 31.9 Å². The summed E-state index contributed by atoms with van der Waals surface area (Å²) in [5.74, 6) is 0.356. The maximum Gasteiger partial charge on any atom is 0.263 e. The molecule has 0 unspecified atom stereocenters. The van der Waals surface area contributed by atoms with Crippen LogP contribution in [0, 0.1) is 20.8 Å². The topological polar surface area (TPSA) is 74.8 Å². The van der Waals surface area contributed by atoms with Gasteiger partial charge in [0.25, 0.3) is 10.0 Å². The highest BCUT2D eigenvalue weighted by molar-refractivity contribution is 7.92. The van der Waals surface area contributed by atoms with Gasteiger partial charge >= 0.3 is 0 Å². The number of benzene rings is 1. The third-order valence-corrected chi connectivity index (χ3v) is 4.29. The minimum Gasteiger partial charge on any atom is -0.264 e. The van der Waals surface area contributed by atoms with Crippen molar-refractivity contribution in [2.45, 2.75) is 25.7 Å². The van der Waals surface area contributed by atoms with E-state index in [-0.39, 0.29) is 0 Å². The summed E-state index contributed by atoms with van der Waals surface area (Å²) >= 11 is 0. The van der Waals surface area contributed by atoms with E-state index in [1.807, 2.05) is 19.1 Å². The summed E-state index contributed by atoms with van der Waals surface area (Å²) in [4.78, 5) is 0.322. The lowest BCUT2D eigenvalue weighted by Crippen LogP contribution is -2.16. The number of aryl methyl sites for hydroxylation is 3. The molecule has 0 bridgehead atoms. The van der Waals surface area contributed by atoms with Crippen LogP contribution >= 0.6 is 0 Å². The number of H-pyrrole nitrogens is 1. The second-order valence-corrected chi connectivity index (χ2v) is 5.92. The molecular formula is C12H15N3O2S. The molecule has 1 heterocycles. The summed E-state index contributed by atoms with van der Waals surface area (Å²) in [6, 6.07) is 5.28. The van der Waals surface area contributed by atoms with Crippen LogP contribution in [-0.4, -0.2) is 18.6 Å². The molecule has 5 nitrogen and oxygen atoms in total. The van der Waals surface area contributed by atoms with E-state index in [1.165, 1.54) is 6.20 Å². The van der Waals surface area contributed by atoms with Crippen molar-refractivity contribution in [3.63, 3.8) is 0 Å². The van der Waals surface area contributed by atoms with E-state index >= 15 is 0 Å². The van der Waals surface area contributed by atoms with Crippen molar-refractivity contribution in [3.05, 3.63) is 41.1 Å². The van der Waals surface area contributed by atoms with Gasteiger partial charge in [0, 0.05) is 6.07 Å². The number of sulfonamides is 1. The molecule has 0 aliphatic rings. The van der Waals surface area contributed by atoms with Crippen molar-refractivity contribution in [1.82, 2.24) is 10.2 Å². The van der Waals surface area contributed by atoms with Crippen LogP contribution in [0.25, 0.3) is 0 Å². The van der Waals surface area contributed by atoms with Crippen molar-refractivity contribution in [3.8, 4) is 0 Å². The van der Waals surface area contributed by atoms with E-state index in [9.17, 15) is 8.42 Å². The van der Waals surface area contributed by atoms with Crippen LogP contribution in [-0.2, 0) is 10.0 Å². The number of aromatic amines is 1. The first-order valence-corrected chi connectivity index (χ1v) is 6.98. The fourth-order valence-electron chi connectivity index (χ4n) is 2.10. The predicted octanol–water partition coefficient (Wildman–Crippen LogP) is 2.14. The van der Waals surface area contributed by atoms with Crippen LogP contribution in [0.5, 0.6) is 0 Å². The van der Waals surface area contributed by atoms with Gasteiger partial charge in [0.05, 0.1) is 11.1 Å². The maximum absolute atomic E-state index is 12.3.